The minimum Gasteiger partial charge on any atom is -0.481 e. The van der Waals surface area contributed by atoms with Crippen molar-refractivity contribution >= 4 is 11.8 Å². The van der Waals surface area contributed by atoms with Gasteiger partial charge in [0.15, 0.2) is 5.78 Å². The molecule has 0 aromatic carbocycles. The van der Waals surface area contributed by atoms with Crippen molar-refractivity contribution in [3.63, 3.8) is 0 Å². The van der Waals surface area contributed by atoms with Gasteiger partial charge in [0.25, 0.3) is 0 Å². The molecule has 0 aromatic heterocycles. The lowest BCUT2D eigenvalue weighted by molar-refractivity contribution is -0.195. The molecule has 4 saturated carbocycles. The number of nitrogens with one attached hydrogen (secondary N) is 1. The molecule has 0 saturated heterocycles. The maximum absolute atomic E-state index is 13.2. The van der Waals surface area contributed by atoms with E-state index in [1.807, 2.05) is 0 Å². The Kier molecular flexibility index (Phi) is 5.40. The molecule has 5 aliphatic rings. The molecule has 0 aromatic rings. The van der Waals surface area contributed by atoms with Crippen LogP contribution in [0.2, 0.25) is 0 Å². The number of fused-ring (bicyclic) bond motifs is 7. The van der Waals surface area contributed by atoms with Crippen LogP contribution in [-0.4, -0.2) is 28.1 Å². The van der Waals surface area contributed by atoms with Crippen LogP contribution < -0.4 is 5.48 Å². The summed E-state index contributed by atoms with van der Waals surface area (Å²) < 4.78 is 0. The Bertz CT molecular complexity index is 983. The maximum Gasteiger partial charge on any atom is 0.310 e. The van der Waals surface area contributed by atoms with E-state index in [1.165, 1.54) is 5.57 Å². The average molecular weight is 486 g/mol. The van der Waals surface area contributed by atoms with Crippen LogP contribution in [0.25, 0.3) is 0 Å². The number of ketones is 1. The third-order valence-electron chi connectivity index (χ3n) is 13.0. The maximum atomic E-state index is 13.2. The number of carboxylic acids is 1. The molecular weight excluding hydrogens is 438 g/mol. The van der Waals surface area contributed by atoms with Gasteiger partial charge in [-0.1, -0.05) is 60.1 Å². The van der Waals surface area contributed by atoms with Crippen molar-refractivity contribution in [3.8, 4) is 0 Å². The SMILES string of the molecule is CC1(C)CC[C@]2(C(=O)O)CC[C@]3(C)C(=CCC4[C@@]5(C)CC(NO)C(=O)C(C)(C)C5CC[C@]43C)[C@@H]2C1. The molecule has 3 unspecified atom stereocenters. The zero-order valence-electron chi connectivity index (χ0n) is 23.0. The standard InChI is InChI=1S/C30H47NO4/c1-25(2)12-14-30(24(33)34)15-13-28(6)18(19(30)16-25)8-9-22-27(5)17-20(31-35)23(32)26(3,4)21(27)10-11-29(22,28)7/h8,19-22,31,35H,9-17H2,1-7H3,(H,33,34)/t19-,20?,21?,22?,27-,28+,29+,30-/m0/s1. The number of rotatable bonds is 2. The highest BCUT2D eigenvalue weighted by Crippen LogP contribution is 2.75. The highest BCUT2D eigenvalue weighted by molar-refractivity contribution is 5.90. The van der Waals surface area contributed by atoms with Crippen LogP contribution in [-0.2, 0) is 9.59 Å². The zero-order chi connectivity index (χ0) is 25.8. The van der Waals surface area contributed by atoms with Crippen LogP contribution in [0.1, 0.15) is 106 Å². The number of Topliss-reactive ketones (excluding diaryl/α,β-unsaturated/α-hetero) is 1. The van der Waals surface area contributed by atoms with E-state index in [4.69, 9.17) is 0 Å². The van der Waals surface area contributed by atoms with Crippen LogP contribution >= 0.6 is 0 Å². The molecule has 5 nitrogen and oxygen atoms in total. The van der Waals surface area contributed by atoms with E-state index in [0.29, 0.717) is 18.3 Å². The first-order valence-corrected chi connectivity index (χ1v) is 14.0. The zero-order valence-corrected chi connectivity index (χ0v) is 23.0. The van der Waals surface area contributed by atoms with Crippen molar-refractivity contribution in [2.45, 2.75) is 112 Å². The summed E-state index contributed by atoms with van der Waals surface area (Å²) in [5.41, 5.74) is 2.83. The molecule has 3 N–H and O–H groups in total. The molecule has 5 rings (SSSR count). The summed E-state index contributed by atoms with van der Waals surface area (Å²) in [7, 11) is 0. The fourth-order valence-electron chi connectivity index (χ4n) is 10.7. The molecule has 5 aliphatic carbocycles. The number of hydrogen-bond acceptors (Lipinski definition) is 4. The van der Waals surface area contributed by atoms with Crippen LogP contribution in [0.3, 0.4) is 0 Å². The van der Waals surface area contributed by atoms with Crippen molar-refractivity contribution < 1.29 is 19.9 Å². The molecule has 35 heavy (non-hydrogen) atoms. The van der Waals surface area contributed by atoms with Crippen LogP contribution in [0.15, 0.2) is 11.6 Å². The molecule has 4 fully saturated rings. The topological polar surface area (TPSA) is 86.6 Å². The molecule has 0 radical (unpaired) electrons. The summed E-state index contributed by atoms with van der Waals surface area (Å²) >= 11 is 0. The molecule has 0 aliphatic heterocycles. The van der Waals surface area contributed by atoms with Gasteiger partial charge in [-0.25, -0.2) is 0 Å². The number of allylic oxidation sites excluding steroid dienone is 2. The highest BCUT2D eigenvalue weighted by Gasteiger charge is 2.70. The minimum atomic E-state index is -0.615. The fraction of sp³-hybridized carbons (Fsp3) is 0.867. The van der Waals surface area contributed by atoms with Crippen molar-refractivity contribution in [3.05, 3.63) is 11.6 Å². The van der Waals surface area contributed by atoms with E-state index in [2.05, 4.69) is 60.0 Å². The number of hydroxylamine groups is 1. The molecule has 0 spiro atoms. The predicted octanol–water partition coefficient (Wildman–Crippen LogP) is 6.40. The van der Waals surface area contributed by atoms with Gasteiger partial charge in [0.05, 0.1) is 11.5 Å². The number of carbonyl (C=O) groups is 2. The Morgan fingerprint density at radius 3 is 2.23 bits per heavy atom. The summed E-state index contributed by atoms with van der Waals surface area (Å²) in [5, 5.41) is 20.4. The Morgan fingerprint density at radius 1 is 0.943 bits per heavy atom. The van der Waals surface area contributed by atoms with Gasteiger partial charge in [-0.15, -0.1) is 0 Å². The second-order valence-electron chi connectivity index (χ2n) is 15.1. The molecular formula is C30H47NO4. The summed E-state index contributed by atoms with van der Waals surface area (Å²) in [6.45, 7) is 16.1. The third-order valence-corrected chi connectivity index (χ3v) is 13.0. The number of aliphatic carboxylic acids is 1. The second-order valence-corrected chi connectivity index (χ2v) is 15.1. The van der Waals surface area contributed by atoms with Crippen LogP contribution in [0.5, 0.6) is 0 Å². The quantitative estimate of drug-likeness (QED) is 0.311. The normalized spacial score (nSPS) is 50.2. The van der Waals surface area contributed by atoms with Gasteiger partial charge in [0, 0.05) is 5.41 Å². The van der Waals surface area contributed by atoms with E-state index in [-0.39, 0.29) is 33.4 Å². The minimum absolute atomic E-state index is 0.0331. The van der Waals surface area contributed by atoms with Gasteiger partial charge in [-0.05, 0) is 97.2 Å². The van der Waals surface area contributed by atoms with Gasteiger partial charge >= 0.3 is 5.97 Å². The first-order chi connectivity index (χ1) is 16.1. The Hall–Kier alpha value is -1.20. The molecule has 0 heterocycles. The number of carbonyl (C=O) groups excluding carboxylic acids is 1. The van der Waals surface area contributed by atoms with Gasteiger partial charge in [0.1, 0.15) is 0 Å². The van der Waals surface area contributed by atoms with Crippen LogP contribution in [0, 0.1) is 50.2 Å². The van der Waals surface area contributed by atoms with Gasteiger partial charge in [0.2, 0.25) is 0 Å². The monoisotopic (exact) mass is 485 g/mol. The van der Waals surface area contributed by atoms with Gasteiger partial charge < -0.3 is 10.3 Å². The molecule has 8 atom stereocenters. The van der Waals surface area contributed by atoms with E-state index < -0.39 is 22.8 Å². The van der Waals surface area contributed by atoms with Gasteiger partial charge in [-0.3, -0.25) is 9.59 Å². The first-order valence-electron chi connectivity index (χ1n) is 14.0. The van der Waals surface area contributed by atoms with E-state index >= 15 is 0 Å². The molecule has 196 valence electrons. The summed E-state index contributed by atoms with van der Waals surface area (Å²) in [6.07, 6.45) is 10.6. The highest BCUT2D eigenvalue weighted by atomic mass is 16.5. The van der Waals surface area contributed by atoms with Crippen molar-refractivity contribution in [1.82, 2.24) is 5.48 Å². The lowest BCUT2D eigenvalue weighted by Gasteiger charge is -2.70. The smallest absolute Gasteiger partial charge is 0.310 e. The van der Waals surface area contributed by atoms with Crippen LogP contribution in [0.4, 0.5) is 0 Å². The lowest BCUT2D eigenvalue weighted by Crippen LogP contribution is -2.67. The lowest BCUT2D eigenvalue weighted by atomic mass is 9.33. The fourth-order valence-corrected chi connectivity index (χ4v) is 10.7. The second kappa shape index (κ2) is 7.43. The Morgan fingerprint density at radius 2 is 1.60 bits per heavy atom. The van der Waals surface area contributed by atoms with Crippen molar-refractivity contribution in [2.75, 3.05) is 0 Å². The molecule has 5 heteroatoms. The molecule has 0 bridgehead atoms. The number of hydrogen-bond donors (Lipinski definition) is 3. The van der Waals surface area contributed by atoms with E-state index in [9.17, 15) is 19.9 Å². The third kappa shape index (κ3) is 3.06. The van der Waals surface area contributed by atoms with Crippen molar-refractivity contribution in [1.29, 1.82) is 0 Å². The summed E-state index contributed by atoms with van der Waals surface area (Å²) in [5.74, 6) is 0.353. The average Bonchev–Trinajstić information content (AvgIpc) is 2.76. The Balaban J connectivity index is 1.61. The molecule has 0 amide bonds. The van der Waals surface area contributed by atoms with Crippen molar-refractivity contribution in [2.24, 2.45) is 50.2 Å². The summed E-state index contributed by atoms with van der Waals surface area (Å²) in [4.78, 5) is 26.0. The van der Waals surface area contributed by atoms with E-state index in [1.54, 1.807) is 0 Å². The summed E-state index contributed by atoms with van der Waals surface area (Å²) in [6, 6.07) is -0.517. The van der Waals surface area contributed by atoms with E-state index in [0.717, 1.165) is 51.4 Å². The Labute approximate surface area is 211 Å². The number of carboxylic acid groups (broad SMARTS) is 1. The first kappa shape index (κ1) is 25.4. The largest absolute Gasteiger partial charge is 0.481 e. The van der Waals surface area contributed by atoms with Gasteiger partial charge in [-0.2, -0.15) is 5.48 Å². The predicted molar refractivity (Wildman–Crippen MR) is 136 cm³/mol.